The largest absolute Gasteiger partial charge is 0.494 e. The number of benzene rings is 2. The number of rotatable bonds is 9. The first-order valence-electron chi connectivity index (χ1n) is 8.88. The lowest BCUT2D eigenvalue weighted by Gasteiger charge is -2.12. The van der Waals surface area contributed by atoms with Crippen molar-refractivity contribution in [2.75, 3.05) is 18.9 Å². The van der Waals surface area contributed by atoms with E-state index in [-0.39, 0.29) is 12.1 Å². The van der Waals surface area contributed by atoms with Crippen LogP contribution in [0, 0.1) is 6.92 Å². The second-order valence-electron chi connectivity index (χ2n) is 6.42. The first-order valence-corrected chi connectivity index (χ1v) is 8.88. The molecular formula is C21H27NO4. The van der Waals surface area contributed by atoms with Crippen LogP contribution in [-0.4, -0.2) is 25.3 Å². The van der Waals surface area contributed by atoms with Crippen molar-refractivity contribution in [2.45, 2.75) is 39.7 Å². The Morgan fingerprint density at radius 2 is 1.65 bits per heavy atom. The molecule has 0 atom stereocenters. The maximum absolute atomic E-state index is 12.0. The van der Waals surface area contributed by atoms with Crippen LogP contribution in [0.1, 0.15) is 42.6 Å². The Kier molecular flexibility index (Phi) is 7.33. The molecule has 0 bridgehead atoms. The highest BCUT2D eigenvalue weighted by Crippen LogP contribution is 2.24. The summed E-state index contributed by atoms with van der Waals surface area (Å²) in [6.45, 7) is 6.80. The van der Waals surface area contributed by atoms with Gasteiger partial charge < -0.3 is 19.9 Å². The Morgan fingerprint density at radius 3 is 2.31 bits per heavy atom. The van der Waals surface area contributed by atoms with Crippen molar-refractivity contribution in [1.29, 1.82) is 0 Å². The van der Waals surface area contributed by atoms with Crippen molar-refractivity contribution >= 4 is 11.7 Å². The van der Waals surface area contributed by atoms with Gasteiger partial charge in [-0.05, 0) is 63.9 Å². The molecule has 2 rings (SSSR count). The van der Waals surface area contributed by atoms with Gasteiger partial charge in [0.1, 0.15) is 11.5 Å². The van der Waals surface area contributed by atoms with Gasteiger partial charge in [-0.2, -0.15) is 0 Å². The summed E-state index contributed by atoms with van der Waals surface area (Å²) in [7, 11) is 0. The Morgan fingerprint density at radius 1 is 1.00 bits per heavy atom. The fraction of sp³-hybridized carbons (Fsp3) is 0.381. The van der Waals surface area contributed by atoms with Gasteiger partial charge in [0.25, 0.3) is 0 Å². The van der Waals surface area contributed by atoms with Crippen molar-refractivity contribution in [3.05, 3.63) is 53.6 Å². The molecule has 0 aliphatic rings. The first kappa shape index (κ1) is 19.6. The maximum atomic E-state index is 12.0. The summed E-state index contributed by atoms with van der Waals surface area (Å²) in [5.74, 6) is 0.996. The fourth-order valence-electron chi connectivity index (χ4n) is 2.28. The number of carbonyl (C=O) groups excluding carboxylic acids is 1. The van der Waals surface area contributed by atoms with Gasteiger partial charge in [-0.15, -0.1) is 0 Å². The van der Waals surface area contributed by atoms with Crippen LogP contribution in [0.25, 0.3) is 0 Å². The van der Waals surface area contributed by atoms with E-state index in [9.17, 15) is 4.79 Å². The van der Waals surface area contributed by atoms with Crippen LogP contribution in [0.3, 0.4) is 0 Å². The Hall–Kier alpha value is -2.69. The van der Waals surface area contributed by atoms with Crippen molar-refractivity contribution in [3.8, 4) is 11.5 Å². The van der Waals surface area contributed by atoms with Crippen molar-refractivity contribution in [3.63, 3.8) is 0 Å². The molecular weight excluding hydrogens is 330 g/mol. The third kappa shape index (κ3) is 6.31. The number of ether oxygens (including phenoxy) is 3. The third-order valence-electron chi connectivity index (χ3n) is 3.68. The Labute approximate surface area is 155 Å². The molecule has 0 aromatic heterocycles. The van der Waals surface area contributed by atoms with Crippen LogP contribution < -0.4 is 15.2 Å². The molecule has 0 heterocycles. The highest BCUT2D eigenvalue weighted by Gasteiger charge is 2.12. The van der Waals surface area contributed by atoms with Gasteiger partial charge in [0.2, 0.25) is 0 Å². The van der Waals surface area contributed by atoms with Crippen LogP contribution >= 0.6 is 0 Å². The normalized spacial score (nSPS) is 10.6. The molecule has 2 N–H and O–H groups in total. The molecule has 0 spiro atoms. The molecule has 5 nitrogen and oxygen atoms in total. The van der Waals surface area contributed by atoms with E-state index in [1.165, 1.54) is 5.56 Å². The summed E-state index contributed by atoms with van der Waals surface area (Å²) >= 11 is 0. The summed E-state index contributed by atoms with van der Waals surface area (Å²) in [5.41, 5.74) is 8.07. The number of hydrogen-bond acceptors (Lipinski definition) is 5. The van der Waals surface area contributed by atoms with Gasteiger partial charge in [0.15, 0.2) is 0 Å². The molecule has 0 unspecified atom stereocenters. The average molecular weight is 357 g/mol. The molecule has 0 saturated carbocycles. The minimum atomic E-state index is -0.378. The number of hydrogen-bond donors (Lipinski definition) is 1. The minimum absolute atomic E-state index is 0.169. The van der Waals surface area contributed by atoms with E-state index < -0.39 is 0 Å². The van der Waals surface area contributed by atoms with Gasteiger partial charge in [0.05, 0.1) is 30.6 Å². The molecule has 5 heteroatoms. The van der Waals surface area contributed by atoms with Crippen molar-refractivity contribution in [2.24, 2.45) is 0 Å². The fourth-order valence-corrected chi connectivity index (χ4v) is 2.28. The number of aryl methyl sites for hydroxylation is 1. The van der Waals surface area contributed by atoms with E-state index in [4.69, 9.17) is 19.9 Å². The van der Waals surface area contributed by atoms with E-state index >= 15 is 0 Å². The van der Waals surface area contributed by atoms with Crippen molar-refractivity contribution < 1.29 is 19.0 Å². The van der Waals surface area contributed by atoms with E-state index in [1.54, 1.807) is 18.2 Å². The second-order valence-corrected chi connectivity index (χ2v) is 6.42. The molecule has 26 heavy (non-hydrogen) atoms. The smallest absolute Gasteiger partial charge is 0.338 e. The predicted molar refractivity (Wildman–Crippen MR) is 103 cm³/mol. The van der Waals surface area contributed by atoms with Gasteiger partial charge >= 0.3 is 5.97 Å². The molecule has 0 radical (unpaired) electrons. The van der Waals surface area contributed by atoms with E-state index in [0.717, 1.165) is 18.6 Å². The van der Waals surface area contributed by atoms with Gasteiger partial charge in [-0.3, -0.25) is 0 Å². The molecule has 0 saturated heterocycles. The van der Waals surface area contributed by atoms with E-state index in [2.05, 4.69) is 0 Å². The first-order chi connectivity index (χ1) is 12.5. The molecule has 0 fully saturated rings. The number of nitrogen functional groups attached to an aromatic ring is 1. The molecule has 2 aromatic rings. The Bertz CT molecular complexity index is 710. The number of unbranched alkanes of at least 4 members (excludes halogenated alkanes) is 1. The van der Waals surface area contributed by atoms with Crippen LogP contribution in [0.4, 0.5) is 5.69 Å². The van der Waals surface area contributed by atoms with Crippen LogP contribution in [0.5, 0.6) is 11.5 Å². The second kappa shape index (κ2) is 9.70. The van der Waals surface area contributed by atoms with E-state index in [0.29, 0.717) is 30.2 Å². The zero-order valence-corrected chi connectivity index (χ0v) is 15.7. The summed E-state index contributed by atoms with van der Waals surface area (Å²) in [6, 6.07) is 12.9. The molecule has 0 aliphatic carbocycles. The number of anilines is 1. The van der Waals surface area contributed by atoms with Crippen LogP contribution in [0.2, 0.25) is 0 Å². The summed E-state index contributed by atoms with van der Waals surface area (Å²) in [6.07, 6.45) is 1.52. The highest BCUT2D eigenvalue weighted by atomic mass is 16.5. The third-order valence-corrected chi connectivity index (χ3v) is 3.68. The highest BCUT2D eigenvalue weighted by molar-refractivity contribution is 5.90. The standard InChI is InChI=1S/C21H27NO4/c1-15(2)26-21(23)17-8-11-19(22)20(14-17)25-13-5-4-12-24-18-9-6-16(3)7-10-18/h6-11,14-15H,4-5,12-13,22H2,1-3H3. The summed E-state index contributed by atoms with van der Waals surface area (Å²) < 4.78 is 16.6. The molecule has 140 valence electrons. The summed E-state index contributed by atoms with van der Waals surface area (Å²) in [4.78, 5) is 12.0. The zero-order valence-electron chi connectivity index (χ0n) is 15.7. The van der Waals surface area contributed by atoms with Crippen LogP contribution in [-0.2, 0) is 4.74 Å². The quantitative estimate of drug-likeness (QED) is 0.410. The molecule has 0 amide bonds. The summed E-state index contributed by atoms with van der Waals surface area (Å²) in [5, 5.41) is 0. The van der Waals surface area contributed by atoms with Gasteiger partial charge in [-0.1, -0.05) is 17.7 Å². The topological polar surface area (TPSA) is 70.8 Å². The molecule has 2 aromatic carbocycles. The average Bonchev–Trinajstić information content (AvgIpc) is 2.60. The monoisotopic (exact) mass is 357 g/mol. The maximum Gasteiger partial charge on any atom is 0.338 e. The van der Waals surface area contributed by atoms with Crippen molar-refractivity contribution in [1.82, 2.24) is 0 Å². The predicted octanol–water partition coefficient (Wildman–Crippen LogP) is 4.38. The lowest BCUT2D eigenvalue weighted by molar-refractivity contribution is 0.0377. The number of carbonyl (C=O) groups is 1. The number of esters is 1. The van der Waals surface area contributed by atoms with E-state index in [1.807, 2.05) is 45.0 Å². The lowest BCUT2D eigenvalue weighted by Crippen LogP contribution is -2.12. The Balaban J connectivity index is 1.74. The van der Waals surface area contributed by atoms with Gasteiger partial charge in [0, 0.05) is 0 Å². The van der Waals surface area contributed by atoms with Gasteiger partial charge in [-0.25, -0.2) is 4.79 Å². The molecule has 0 aliphatic heterocycles. The number of nitrogens with two attached hydrogens (primary N) is 1. The minimum Gasteiger partial charge on any atom is -0.494 e. The lowest BCUT2D eigenvalue weighted by atomic mass is 10.2. The van der Waals surface area contributed by atoms with Crippen LogP contribution in [0.15, 0.2) is 42.5 Å². The zero-order chi connectivity index (χ0) is 18.9. The SMILES string of the molecule is Cc1ccc(OCCCCOc2cc(C(=O)OC(C)C)ccc2N)cc1.